The normalized spacial score (nSPS) is 14.7. The SMILES string of the molecule is CN/C=C(\C=N)c1ccc2ncc3c(=O)[nH]c(=O)n(-c4ccc(N5CCNCC5)c(C(F)(F)F)c4)c3c2n1. The third-order valence-corrected chi connectivity index (χ3v) is 6.33. The Hall–Kier alpha value is -4.52. The number of hydrogen-bond acceptors (Lipinski definition) is 8. The summed E-state index contributed by atoms with van der Waals surface area (Å²) in [4.78, 5) is 38.5. The number of benzene rings is 1. The molecular weight excluding hydrogens is 501 g/mol. The molecule has 3 aromatic heterocycles. The second-order valence-corrected chi connectivity index (χ2v) is 8.65. The van der Waals surface area contributed by atoms with Crippen molar-refractivity contribution >= 4 is 39.4 Å². The van der Waals surface area contributed by atoms with Crippen molar-refractivity contribution in [1.82, 2.24) is 30.2 Å². The Labute approximate surface area is 213 Å². The summed E-state index contributed by atoms with van der Waals surface area (Å²) in [5.41, 5.74) is -1.39. The van der Waals surface area contributed by atoms with Crippen molar-refractivity contribution in [2.24, 2.45) is 0 Å². The van der Waals surface area contributed by atoms with Crippen LogP contribution in [0.3, 0.4) is 0 Å². The third-order valence-electron chi connectivity index (χ3n) is 6.33. The van der Waals surface area contributed by atoms with Crippen molar-refractivity contribution in [3.8, 4) is 5.69 Å². The molecule has 0 atom stereocenters. The van der Waals surface area contributed by atoms with E-state index >= 15 is 0 Å². The molecule has 1 aliphatic rings. The van der Waals surface area contributed by atoms with Crippen LogP contribution in [0.15, 0.2) is 52.3 Å². The van der Waals surface area contributed by atoms with E-state index in [0.717, 1.165) is 16.8 Å². The molecular formula is C25H23F3N8O2. The van der Waals surface area contributed by atoms with E-state index in [1.807, 2.05) is 0 Å². The summed E-state index contributed by atoms with van der Waals surface area (Å²) in [6.45, 7) is 1.91. The first-order chi connectivity index (χ1) is 18.2. The Morgan fingerprint density at radius 2 is 1.92 bits per heavy atom. The zero-order valence-electron chi connectivity index (χ0n) is 20.2. The maximum Gasteiger partial charge on any atom is 0.418 e. The molecule has 0 saturated carbocycles. The maximum atomic E-state index is 14.2. The van der Waals surface area contributed by atoms with Crippen LogP contribution in [0.25, 0.3) is 33.2 Å². The lowest BCUT2D eigenvalue weighted by Crippen LogP contribution is -2.44. The molecule has 0 unspecified atom stereocenters. The molecule has 0 amide bonds. The lowest BCUT2D eigenvalue weighted by atomic mass is 10.1. The highest BCUT2D eigenvalue weighted by atomic mass is 19.4. The number of alkyl halides is 3. The number of H-pyrrole nitrogens is 1. The van der Waals surface area contributed by atoms with Gasteiger partial charge < -0.3 is 20.9 Å². The first-order valence-corrected chi connectivity index (χ1v) is 11.7. The van der Waals surface area contributed by atoms with Gasteiger partial charge in [-0.3, -0.25) is 19.3 Å². The molecule has 13 heteroatoms. The van der Waals surface area contributed by atoms with Gasteiger partial charge in [-0.2, -0.15) is 13.2 Å². The van der Waals surface area contributed by atoms with Crippen molar-refractivity contribution in [3.05, 3.63) is 74.8 Å². The van der Waals surface area contributed by atoms with Crippen LogP contribution in [-0.4, -0.2) is 59.0 Å². The lowest BCUT2D eigenvalue weighted by molar-refractivity contribution is -0.137. The van der Waals surface area contributed by atoms with Gasteiger partial charge in [0, 0.05) is 63.1 Å². The number of anilines is 1. The molecule has 0 aliphatic carbocycles. The van der Waals surface area contributed by atoms with Gasteiger partial charge in [-0.05, 0) is 30.3 Å². The number of aromatic nitrogens is 4. The molecule has 1 fully saturated rings. The van der Waals surface area contributed by atoms with Gasteiger partial charge in [0.1, 0.15) is 5.52 Å². The molecule has 196 valence electrons. The lowest BCUT2D eigenvalue weighted by Gasteiger charge is -2.31. The van der Waals surface area contributed by atoms with E-state index in [2.05, 4.69) is 25.6 Å². The average Bonchev–Trinajstić information content (AvgIpc) is 2.91. The number of piperazine rings is 1. The quantitative estimate of drug-likeness (QED) is 0.233. The van der Waals surface area contributed by atoms with Gasteiger partial charge in [0.15, 0.2) is 0 Å². The molecule has 0 radical (unpaired) electrons. The van der Waals surface area contributed by atoms with E-state index in [9.17, 15) is 22.8 Å². The molecule has 5 rings (SSSR count). The fourth-order valence-electron chi connectivity index (χ4n) is 4.59. The smallest absolute Gasteiger partial charge is 0.393 e. The summed E-state index contributed by atoms with van der Waals surface area (Å²) in [6, 6.07) is 6.91. The van der Waals surface area contributed by atoms with Crippen LogP contribution in [-0.2, 0) is 6.18 Å². The van der Waals surface area contributed by atoms with Crippen molar-refractivity contribution in [2.45, 2.75) is 6.18 Å². The number of allylic oxidation sites excluding steroid dienone is 1. The predicted molar refractivity (Wildman–Crippen MR) is 139 cm³/mol. The van der Waals surface area contributed by atoms with E-state index < -0.39 is 23.0 Å². The molecule has 0 bridgehead atoms. The first kappa shape index (κ1) is 25.1. The Morgan fingerprint density at radius 3 is 2.61 bits per heavy atom. The molecule has 4 aromatic rings. The second-order valence-electron chi connectivity index (χ2n) is 8.65. The van der Waals surface area contributed by atoms with Crippen molar-refractivity contribution in [2.75, 3.05) is 38.1 Å². The van der Waals surface area contributed by atoms with E-state index in [0.29, 0.717) is 43.0 Å². The summed E-state index contributed by atoms with van der Waals surface area (Å²) in [7, 11) is 1.65. The van der Waals surface area contributed by atoms with Gasteiger partial charge in [0.05, 0.1) is 33.4 Å². The monoisotopic (exact) mass is 524 g/mol. The topological polar surface area (TPSA) is 132 Å². The minimum atomic E-state index is -4.69. The molecule has 10 nitrogen and oxygen atoms in total. The number of fused-ring (bicyclic) bond motifs is 3. The number of halogens is 3. The van der Waals surface area contributed by atoms with Crippen molar-refractivity contribution in [1.29, 1.82) is 5.41 Å². The van der Waals surface area contributed by atoms with Crippen molar-refractivity contribution < 1.29 is 13.2 Å². The van der Waals surface area contributed by atoms with Crippen LogP contribution >= 0.6 is 0 Å². The highest BCUT2D eigenvalue weighted by Gasteiger charge is 2.36. The summed E-state index contributed by atoms with van der Waals surface area (Å²) in [5.74, 6) is 0. The van der Waals surface area contributed by atoms with Gasteiger partial charge in [-0.15, -0.1) is 0 Å². The molecule has 4 N–H and O–H groups in total. The Balaban J connectivity index is 1.83. The predicted octanol–water partition coefficient (Wildman–Crippen LogP) is 2.26. The van der Waals surface area contributed by atoms with E-state index in [1.165, 1.54) is 18.3 Å². The highest BCUT2D eigenvalue weighted by molar-refractivity contribution is 6.09. The van der Waals surface area contributed by atoms with Gasteiger partial charge in [-0.1, -0.05) is 0 Å². The van der Waals surface area contributed by atoms with Crippen LogP contribution in [0.5, 0.6) is 0 Å². The summed E-state index contributed by atoms with van der Waals surface area (Å²) in [5, 5.41) is 13.6. The van der Waals surface area contributed by atoms with E-state index in [1.54, 1.807) is 30.3 Å². The largest absolute Gasteiger partial charge is 0.418 e. The highest BCUT2D eigenvalue weighted by Crippen LogP contribution is 2.38. The fraction of sp³-hybridized carbons (Fsp3) is 0.240. The van der Waals surface area contributed by atoms with Crippen LogP contribution in [0.1, 0.15) is 11.3 Å². The van der Waals surface area contributed by atoms with Crippen LogP contribution in [0, 0.1) is 5.41 Å². The molecule has 4 heterocycles. The Kier molecular flexibility index (Phi) is 6.45. The molecule has 1 aliphatic heterocycles. The Bertz CT molecular complexity index is 1700. The number of aromatic amines is 1. The standard InChI is InChI=1S/C25H23F3N8O2/c1-30-12-14(11-29)18-3-4-19-21(33-18)22-16(13-32-19)23(37)34-24(38)36(22)15-2-5-20(17(10-15)25(26,27)28)35-8-6-31-7-9-35/h2-5,10-13,29-31H,6-9H2,1H3,(H,34,37,38)/b14-12+,29-11?. The minimum absolute atomic E-state index is 0.0161. The minimum Gasteiger partial charge on any atom is -0.393 e. The zero-order valence-corrected chi connectivity index (χ0v) is 20.2. The fourth-order valence-corrected chi connectivity index (χ4v) is 4.59. The first-order valence-electron chi connectivity index (χ1n) is 11.7. The van der Waals surface area contributed by atoms with Gasteiger partial charge in [0.25, 0.3) is 5.56 Å². The van der Waals surface area contributed by atoms with Gasteiger partial charge in [-0.25, -0.2) is 9.78 Å². The van der Waals surface area contributed by atoms with Crippen LogP contribution in [0.4, 0.5) is 18.9 Å². The molecule has 1 saturated heterocycles. The van der Waals surface area contributed by atoms with E-state index in [4.69, 9.17) is 5.41 Å². The summed E-state index contributed by atoms with van der Waals surface area (Å²) < 4.78 is 43.7. The maximum absolute atomic E-state index is 14.2. The van der Waals surface area contributed by atoms with Gasteiger partial charge >= 0.3 is 11.9 Å². The number of nitrogens with zero attached hydrogens (tertiary/aromatic N) is 4. The number of nitrogens with one attached hydrogen (secondary N) is 4. The van der Waals surface area contributed by atoms with Gasteiger partial charge in [0.2, 0.25) is 0 Å². The molecule has 38 heavy (non-hydrogen) atoms. The third kappa shape index (κ3) is 4.41. The number of pyridine rings is 2. The zero-order chi connectivity index (χ0) is 27.0. The number of rotatable bonds is 5. The summed E-state index contributed by atoms with van der Waals surface area (Å²) >= 11 is 0. The second kappa shape index (κ2) is 9.74. The molecule has 0 spiro atoms. The van der Waals surface area contributed by atoms with Crippen LogP contribution < -0.4 is 26.8 Å². The molecule has 1 aromatic carbocycles. The van der Waals surface area contributed by atoms with Crippen LogP contribution in [0.2, 0.25) is 0 Å². The number of hydrogen-bond donors (Lipinski definition) is 4. The summed E-state index contributed by atoms with van der Waals surface area (Å²) in [6.07, 6.45) is -0.810. The van der Waals surface area contributed by atoms with Crippen molar-refractivity contribution in [3.63, 3.8) is 0 Å². The van der Waals surface area contributed by atoms with E-state index in [-0.39, 0.29) is 27.8 Å². The Morgan fingerprint density at radius 1 is 1.16 bits per heavy atom. The average molecular weight is 525 g/mol.